The van der Waals surface area contributed by atoms with Crippen LogP contribution >= 0.6 is 11.6 Å². The Morgan fingerprint density at radius 2 is 1.86 bits per heavy atom. The van der Waals surface area contributed by atoms with Crippen LogP contribution in [0.5, 0.6) is 11.5 Å². The minimum Gasteiger partial charge on any atom is -0.495 e. The van der Waals surface area contributed by atoms with E-state index in [1.807, 2.05) is 6.92 Å². The Labute approximate surface area is 130 Å². The van der Waals surface area contributed by atoms with Gasteiger partial charge in [-0.1, -0.05) is 18.5 Å². The van der Waals surface area contributed by atoms with Gasteiger partial charge in [-0.2, -0.15) is 0 Å². The van der Waals surface area contributed by atoms with Gasteiger partial charge in [0, 0.05) is 12.1 Å². The van der Waals surface area contributed by atoms with Crippen LogP contribution in [0.1, 0.15) is 13.3 Å². The Hall–Kier alpha value is -1.18. The van der Waals surface area contributed by atoms with Crippen molar-refractivity contribution in [2.24, 2.45) is 0 Å². The first-order valence-electron chi connectivity index (χ1n) is 6.56. The summed E-state index contributed by atoms with van der Waals surface area (Å²) in [6.45, 7) is 3.44. The number of halogens is 1. The van der Waals surface area contributed by atoms with E-state index in [0.29, 0.717) is 35.2 Å². The van der Waals surface area contributed by atoms with Gasteiger partial charge in [0.15, 0.2) is 0 Å². The largest absolute Gasteiger partial charge is 0.495 e. The zero-order chi connectivity index (χ0) is 15.9. The zero-order valence-electron chi connectivity index (χ0n) is 12.4. The van der Waals surface area contributed by atoms with Crippen LogP contribution in [0, 0.1) is 0 Å². The molecule has 0 aromatic heterocycles. The van der Waals surface area contributed by atoms with E-state index >= 15 is 0 Å². The lowest BCUT2D eigenvalue weighted by atomic mass is 10.3. The predicted molar refractivity (Wildman–Crippen MR) is 85.1 cm³/mol. The quantitative estimate of drug-likeness (QED) is 0.675. The maximum absolute atomic E-state index is 12.0. The third-order valence-corrected chi connectivity index (χ3v) is 4.41. The van der Waals surface area contributed by atoms with Gasteiger partial charge in [-0.25, -0.2) is 8.42 Å². The fourth-order valence-electron chi connectivity index (χ4n) is 1.72. The van der Waals surface area contributed by atoms with Crippen molar-refractivity contribution in [2.45, 2.75) is 13.3 Å². The van der Waals surface area contributed by atoms with Crippen molar-refractivity contribution >= 4 is 27.3 Å². The first-order chi connectivity index (χ1) is 9.93. The maximum Gasteiger partial charge on any atom is 0.232 e. The Morgan fingerprint density at radius 1 is 1.19 bits per heavy atom. The highest BCUT2D eigenvalue weighted by Gasteiger charge is 2.16. The molecule has 0 bridgehead atoms. The summed E-state index contributed by atoms with van der Waals surface area (Å²) >= 11 is 5.98. The molecule has 0 atom stereocenters. The first-order valence-corrected chi connectivity index (χ1v) is 8.59. The number of rotatable bonds is 9. The SMILES string of the molecule is CCNCCCS(=O)(=O)Nc1cc(OC)c(Cl)cc1OC. The van der Waals surface area contributed by atoms with Crippen molar-refractivity contribution < 1.29 is 17.9 Å². The van der Waals surface area contributed by atoms with E-state index < -0.39 is 10.0 Å². The van der Waals surface area contributed by atoms with E-state index in [0.717, 1.165) is 6.54 Å². The Kier molecular flexibility index (Phi) is 7.07. The molecular formula is C13H21ClN2O4S. The first kappa shape index (κ1) is 17.9. The second-order valence-corrected chi connectivity index (χ2v) is 6.56. The molecule has 0 saturated carbocycles. The van der Waals surface area contributed by atoms with Gasteiger partial charge in [0.05, 0.1) is 30.7 Å². The van der Waals surface area contributed by atoms with Gasteiger partial charge in [0.1, 0.15) is 11.5 Å². The molecule has 0 spiro atoms. The van der Waals surface area contributed by atoms with Gasteiger partial charge in [-0.3, -0.25) is 4.72 Å². The summed E-state index contributed by atoms with van der Waals surface area (Å²) in [5.74, 6) is 0.743. The number of methoxy groups -OCH3 is 2. The molecule has 0 aliphatic rings. The summed E-state index contributed by atoms with van der Waals surface area (Å²) in [7, 11) is -0.548. The van der Waals surface area contributed by atoms with Gasteiger partial charge < -0.3 is 14.8 Å². The molecule has 0 unspecified atom stereocenters. The second kappa shape index (κ2) is 8.31. The highest BCUT2D eigenvalue weighted by atomic mass is 35.5. The molecule has 0 radical (unpaired) electrons. The van der Waals surface area contributed by atoms with Crippen molar-refractivity contribution in [2.75, 3.05) is 37.8 Å². The number of nitrogens with one attached hydrogen (secondary N) is 2. The van der Waals surface area contributed by atoms with Crippen molar-refractivity contribution in [3.63, 3.8) is 0 Å². The number of hydrogen-bond donors (Lipinski definition) is 2. The summed E-state index contributed by atoms with van der Waals surface area (Å²) in [5.41, 5.74) is 0.308. The average Bonchev–Trinajstić information content (AvgIpc) is 2.44. The average molecular weight is 337 g/mol. The van der Waals surface area contributed by atoms with Crippen LogP contribution in [-0.4, -0.2) is 41.5 Å². The molecule has 21 heavy (non-hydrogen) atoms. The molecule has 0 saturated heterocycles. The standard InChI is InChI=1S/C13H21ClN2O4S/c1-4-15-6-5-7-21(17,18)16-11-9-12(19-2)10(14)8-13(11)20-3/h8-9,15-16H,4-7H2,1-3H3. The number of benzene rings is 1. The van der Waals surface area contributed by atoms with Crippen LogP contribution < -0.4 is 19.5 Å². The van der Waals surface area contributed by atoms with E-state index in [2.05, 4.69) is 10.0 Å². The number of ether oxygens (including phenoxy) is 2. The van der Waals surface area contributed by atoms with Gasteiger partial charge in [0.2, 0.25) is 10.0 Å². The van der Waals surface area contributed by atoms with Crippen LogP contribution in [0.25, 0.3) is 0 Å². The van der Waals surface area contributed by atoms with Crippen LogP contribution in [-0.2, 0) is 10.0 Å². The van der Waals surface area contributed by atoms with Gasteiger partial charge >= 0.3 is 0 Å². The monoisotopic (exact) mass is 336 g/mol. The third kappa shape index (κ3) is 5.61. The topological polar surface area (TPSA) is 76.7 Å². The smallest absolute Gasteiger partial charge is 0.232 e. The molecule has 2 N–H and O–H groups in total. The van der Waals surface area contributed by atoms with Gasteiger partial charge in [-0.15, -0.1) is 0 Å². The lowest BCUT2D eigenvalue weighted by Gasteiger charge is -2.14. The molecule has 1 aromatic rings. The molecular weight excluding hydrogens is 316 g/mol. The number of hydrogen-bond acceptors (Lipinski definition) is 5. The molecule has 120 valence electrons. The number of sulfonamides is 1. The lowest BCUT2D eigenvalue weighted by Crippen LogP contribution is -2.22. The molecule has 8 heteroatoms. The minimum atomic E-state index is -3.45. The lowest BCUT2D eigenvalue weighted by molar-refractivity contribution is 0.405. The highest BCUT2D eigenvalue weighted by Crippen LogP contribution is 2.36. The summed E-state index contributed by atoms with van der Waals surface area (Å²) in [5, 5.41) is 3.43. The van der Waals surface area contributed by atoms with Crippen molar-refractivity contribution in [3.05, 3.63) is 17.2 Å². The minimum absolute atomic E-state index is 0.0219. The van der Waals surface area contributed by atoms with Crippen molar-refractivity contribution in [1.82, 2.24) is 5.32 Å². The molecule has 1 rings (SSSR count). The van der Waals surface area contributed by atoms with E-state index in [1.165, 1.54) is 26.4 Å². The van der Waals surface area contributed by atoms with Gasteiger partial charge in [0.25, 0.3) is 0 Å². The molecule has 0 aliphatic carbocycles. The van der Waals surface area contributed by atoms with Crippen molar-refractivity contribution in [3.8, 4) is 11.5 Å². The summed E-state index contributed by atoms with van der Waals surface area (Å²) in [4.78, 5) is 0. The van der Waals surface area contributed by atoms with E-state index in [4.69, 9.17) is 21.1 Å². The molecule has 0 fully saturated rings. The van der Waals surface area contributed by atoms with E-state index in [9.17, 15) is 8.42 Å². The van der Waals surface area contributed by atoms with Crippen LogP contribution in [0.3, 0.4) is 0 Å². The third-order valence-electron chi connectivity index (χ3n) is 2.76. The highest BCUT2D eigenvalue weighted by molar-refractivity contribution is 7.92. The molecule has 1 aromatic carbocycles. The Morgan fingerprint density at radius 3 is 2.43 bits per heavy atom. The van der Waals surface area contributed by atoms with Crippen LogP contribution in [0.15, 0.2) is 12.1 Å². The molecule has 0 amide bonds. The van der Waals surface area contributed by atoms with Crippen molar-refractivity contribution in [1.29, 1.82) is 0 Å². The van der Waals surface area contributed by atoms with E-state index in [1.54, 1.807) is 0 Å². The fraction of sp³-hybridized carbons (Fsp3) is 0.538. The zero-order valence-corrected chi connectivity index (χ0v) is 14.0. The number of anilines is 1. The van der Waals surface area contributed by atoms with Crippen LogP contribution in [0.4, 0.5) is 5.69 Å². The summed E-state index contributed by atoms with van der Waals surface area (Å²) in [6.07, 6.45) is 0.524. The van der Waals surface area contributed by atoms with E-state index in [-0.39, 0.29) is 5.75 Å². The Balaban J connectivity index is 2.85. The predicted octanol–water partition coefficient (Wildman–Crippen LogP) is 2.10. The second-order valence-electron chi connectivity index (χ2n) is 4.32. The van der Waals surface area contributed by atoms with Gasteiger partial charge in [-0.05, 0) is 19.5 Å². The van der Waals surface area contributed by atoms with Crippen LogP contribution in [0.2, 0.25) is 5.02 Å². The fourth-order valence-corrected chi connectivity index (χ4v) is 3.07. The summed E-state index contributed by atoms with van der Waals surface area (Å²) < 4.78 is 36.8. The maximum atomic E-state index is 12.0. The normalized spacial score (nSPS) is 11.2. The molecule has 6 nitrogen and oxygen atoms in total. The summed E-state index contributed by atoms with van der Waals surface area (Å²) in [6, 6.07) is 3.01. The Bertz CT molecular complexity index is 564. The molecule has 0 aliphatic heterocycles. The molecule has 0 heterocycles.